The van der Waals surface area contributed by atoms with Gasteiger partial charge in [-0.25, -0.2) is 0 Å². The van der Waals surface area contributed by atoms with Gasteiger partial charge in [-0.2, -0.15) is 0 Å². The van der Waals surface area contributed by atoms with E-state index in [0.29, 0.717) is 0 Å². The number of methoxy groups -OCH3 is 1. The molecule has 0 saturated carbocycles. The maximum Gasteiger partial charge on any atom is 0.245 e. The molecule has 1 atom stereocenters. The summed E-state index contributed by atoms with van der Waals surface area (Å²) >= 11 is 0. The molecule has 1 fully saturated rings. The highest BCUT2D eigenvalue weighted by Crippen LogP contribution is 2.59. The number of hydrogen-bond acceptors (Lipinski definition) is 2. The van der Waals surface area contributed by atoms with Crippen LogP contribution >= 0.6 is 0 Å². The molecule has 1 aliphatic heterocycles. The maximum absolute atomic E-state index is 14.8. The van der Waals surface area contributed by atoms with Gasteiger partial charge in [0, 0.05) is 39.9 Å². The van der Waals surface area contributed by atoms with E-state index in [0.717, 1.165) is 49.9 Å². The third-order valence-electron chi connectivity index (χ3n) is 7.72. The zero-order chi connectivity index (χ0) is 25.0. The number of amides is 1. The number of benzene rings is 4. The summed E-state index contributed by atoms with van der Waals surface area (Å²) in [6, 6.07) is 34.2. The van der Waals surface area contributed by atoms with Crippen molar-refractivity contribution in [2.24, 2.45) is 0 Å². The van der Waals surface area contributed by atoms with Gasteiger partial charge in [0.2, 0.25) is 5.91 Å². The van der Waals surface area contributed by atoms with Gasteiger partial charge >= 0.3 is 0 Å². The van der Waals surface area contributed by atoms with Crippen LogP contribution in [0.25, 0.3) is 21.8 Å². The van der Waals surface area contributed by atoms with Crippen molar-refractivity contribution in [2.45, 2.75) is 11.5 Å². The number of fused-ring (bicyclic) bond motifs is 2. The van der Waals surface area contributed by atoms with Crippen LogP contribution < -0.4 is 9.64 Å². The topological polar surface area (TPSA) is 61.1 Å². The van der Waals surface area contributed by atoms with E-state index in [4.69, 9.17) is 4.74 Å². The number of β-lactam (4-membered cyclic amide) rings is 1. The zero-order valence-corrected chi connectivity index (χ0v) is 20.3. The molecule has 7 rings (SSSR count). The van der Waals surface area contributed by atoms with Crippen LogP contribution in [-0.2, 0) is 10.2 Å². The van der Waals surface area contributed by atoms with Crippen LogP contribution in [0.2, 0.25) is 0 Å². The van der Waals surface area contributed by atoms with Crippen LogP contribution in [-0.4, -0.2) is 23.0 Å². The predicted molar refractivity (Wildman–Crippen MR) is 147 cm³/mol. The molecule has 37 heavy (non-hydrogen) atoms. The molecule has 6 aromatic rings. The number of nitrogens with zero attached hydrogens (tertiary/aromatic N) is 1. The van der Waals surface area contributed by atoms with E-state index in [2.05, 4.69) is 46.4 Å². The highest BCUT2D eigenvalue weighted by atomic mass is 16.5. The number of anilines is 1. The molecular weight excluding hydrogens is 458 g/mol. The first-order valence-corrected chi connectivity index (χ1v) is 12.4. The molecule has 0 bridgehead atoms. The highest BCUT2D eigenvalue weighted by molar-refractivity contribution is 6.16. The average Bonchev–Trinajstić information content (AvgIpc) is 3.58. The molecule has 180 valence electrons. The van der Waals surface area contributed by atoms with Gasteiger partial charge in [-0.1, -0.05) is 66.7 Å². The van der Waals surface area contributed by atoms with Crippen molar-refractivity contribution in [3.8, 4) is 5.75 Å². The lowest BCUT2D eigenvalue weighted by atomic mass is 9.59. The minimum absolute atomic E-state index is 0.0426. The van der Waals surface area contributed by atoms with Gasteiger partial charge in [0.15, 0.2) is 0 Å². The first-order chi connectivity index (χ1) is 18.2. The molecule has 4 aromatic carbocycles. The summed E-state index contributed by atoms with van der Waals surface area (Å²) in [5.74, 6) is 0.800. The number of hydrogen-bond donors (Lipinski definition) is 2. The van der Waals surface area contributed by atoms with Crippen molar-refractivity contribution < 1.29 is 9.53 Å². The Morgan fingerprint density at radius 2 is 1.24 bits per heavy atom. The summed E-state index contributed by atoms with van der Waals surface area (Å²) in [5, 5.41) is 2.10. The number of carbonyl (C=O) groups excluding carboxylic acids is 1. The fourth-order valence-corrected chi connectivity index (χ4v) is 6.06. The van der Waals surface area contributed by atoms with Gasteiger partial charge in [0.1, 0.15) is 11.2 Å². The van der Waals surface area contributed by atoms with Crippen molar-refractivity contribution in [3.63, 3.8) is 0 Å². The molecule has 1 amide bonds. The van der Waals surface area contributed by atoms with Crippen LogP contribution in [0, 0.1) is 0 Å². The van der Waals surface area contributed by atoms with E-state index in [9.17, 15) is 4.79 Å². The Hall–Kier alpha value is -4.77. The molecule has 0 unspecified atom stereocenters. The molecule has 2 N–H and O–H groups in total. The van der Waals surface area contributed by atoms with Crippen LogP contribution in [0.3, 0.4) is 0 Å². The van der Waals surface area contributed by atoms with Crippen LogP contribution in [0.15, 0.2) is 116 Å². The number of para-hydroxylation sites is 2. The van der Waals surface area contributed by atoms with E-state index in [-0.39, 0.29) is 11.9 Å². The maximum atomic E-state index is 14.8. The van der Waals surface area contributed by atoms with E-state index >= 15 is 0 Å². The standard InChI is InChI=1S/C32H25N3O2/c1-37-23-17-15-22(16-18-23)35-30(21-9-3-2-4-10-21)32(31(35)36,26-19-33-28-13-7-5-11-24(26)28)27-20-34-29-14-8-6-12-25(27)29/h2-20,30,33-34H,1H3/t30-/m1/s1. The monoisotopic (exact) mass is 483 g/mol. The van der Waals surface area contributed by atoms with Crippen molar-refractivity contribution in [1.82, 2.24) is 9.97 Å². The van der Waals surface area contributed by atoms with Crippen LogP contribution in [0.4, 0.5) is 5.69 Å². The second-order valence-electron chi connectivity index (χ2n) is 9.49. The van der Waals surface area contributed by atoms with E-state index < -0.39 is 5.41 Å². The number of rotatable bonds is 5. The fraction of sp³-hybridized carbons (Fsp3) is 0.0938. The molecular formula is C32H25N3O2. The lowest BCUT2D eigenvalue weighted by Gasteiger charge is -2.56. The molecule has 1 saturated heterocycles. The van der Waals surface area contributed by atoms with E-state index in [1.807, 2.05) is 84.0 Å². The number of nitrogens with one attached hydrogen (secondary N) is 2. The van der Waals surface area contributed by atoms with Gasteiger partial charge in [-0.05, 0) is 53.1 Å². The summed E-state index contributed by atoms with van der Waals surface area (Å²) < 4.78 is 5.38. The summed E-state index contributed by atoms with van der Waals surface area (Å²) in [7, 11) is 1.65. The third kappa shape index (κ3) is 2.94. The Morgan fingerprint density at radius 1 is 0.703 bits per heavy atom. The third-order valence-corrected chi connectivity index (χ3v) is 7.72. The average molecular weight is 484 g/mol. The van der Waals surface area contributed by atoms with Gasteiger partial charge < -0.3 is 19.6 Å². The Bertz CT molecular complexity index is 1670. The summed E-state index contributed by atoms with van der Waals surface area (Å²) in [6.45, 7) is 0. The molecule has 5 nitrogen and oxygen atoms in total. The van der Waals surface area contributed by atoms with Gasteiger partial charge in [-0.15, -0.1) is 0 Å². The van der Waals surface area contributed by atoms with Gasteiger partial charge in [0.25, 0.3) is 0 Å². The SMILES string of the molecule is COc1ccc(N2C(=O)C(c3c[nH]c4ccccc34)(c3c[nH]c4ccccc34)[C@H]2c2ccccc2)cc1. The predicted octanol–water partition coefficient (Wildman–Crippen LogP) is 6.73. The minimum atomic E-state index is -0.930. The number of H-pyrrole nitrogens is 2. The van der Waals surface area contributed by atoms with Crippen LogP contribution in [0.5, 0.6) is 5.75 Å². The van der Waals surface area contributed by atoms with Crippen molar-refractivity contribution in [3.05, 3.63) is 132 Å². The summed E-state index contributed by atoms with van der Waals surface area (Å²) in [4.78, 5) is 23.6. The fourth-order valence-electron chi connectivity index (χ4n) is 6.06. The highest BCUT2D eigenvalue weighted by Gasteiger charge is 2.65. The lowest BCUT2D eigenvalue weighted by Crippen LogP contribution is -2.67. The Labute approximate surface area is 214 Å². The molecule has 3 heterocycles. The number of aromatic amines is 2. The number of aromatic nitrogens is 2. The van der Waals surface area contributed by atoms with Gasteiger partial charge in [0.05, 0.1) is 13.2 Å². The van der Waals surface area contributed by atoms with Crippen LogP contribution in [0.1, 0.15) is 22.7 Å². The van der Waals surface area contributed by atoms with E-state index in [1.165, 1.54) is 0 Å². The van der Waals surface area contributed by atoms with Gasteiger partial charge in [-0.3, -0.25) is 4.79 Å². The smallest absolute Gasteiger partial charge is 0.245 e. The van der Waals surface area contributed by atoms with Crippen molar-refractivity contribution >= 4 is 33.4 Å². The second kappa shape index (κ2) is 8.14. The molecule has 0 spiro atoms. The number of carbonyl (C=O) groups is 1. The molecule has 1 aliphatic rings. The molecule has 0 radical (unpaired) electrons. The Balaban J connectivity index is 1.55. The van der Waals surface area contributed by atoms with Crippen molar-refractivity contribution in [1.29, 1.82) is 0 Å². The quantitative estimate of drug-likeness (QED) is 0.267. The Kier molecular flexibility index (Phi) is 4.73. The molecule has 2 aromatic heterocycles. The Morgan fingerprint density at radius 3 is 1.81 bits per heavy atom. The minimum Gasteiger partial charge on any atom is -0.497 e. The second-order valence-corrected chi connectivity index (χ2v) is 9.49. The summed E-state index contributed by atoms with van der Waals surface area (Å²) in [6.07, 6.45) is 4.04. The number of ether oxygens (including phenoxy) is 1. The first-order valence-electron chi connectivity index (χ1n) is 12.4. The normalized spacial score (nSPS) is 16.7. The van der Waals surface area contributed by atoms with E-state index in [1.54, 1.807) is 7.11 Å². The summed E-state index contributed by atoms with van der Waals surface area (Å²) in [5.41, 5.74) is 4.98. The molecule has 0 aliphatic carbocycles. The lowest BCUT2D eigenvalue weighted by molar-refractivity contribution is -0.131. The first kappa shape index (κ1) is 21.5. The van der Waals surface area contributed by atoms with Crippen molar-refractivity contribution in [2.75, 3.05) is 12.0 Å². The largest absolute Gasteiger partial charge is 0.497 e. The molecule has 5 heteroatoms. The zero-order valence-electron chi connectivity index (χ0n) is 20.3.